The number of hydrogen-bond donors (Lipinski definition) is 0. The quantitative estimate of drug-likeness (QED) is 0.172. The van der Waals surface area contributed by atoms with Crippen molar-refractivity contribution in [3.63, 3.8) is 0 Å². The summed E-state index contributed by atoms with van der Waals surface area (Å²) in [7, 11) is 0. The normalized spacial score (nSPS) is 13.8. The predicted molar refractivity (Wildman–Crippen MR) is 228 cm³/mol. The molecule has 1 unspecified atom stereocenters. The monoisotopic (exact) mass is 718 g/mol. The zero-order valence-electron chi connectivity index (χ0n) is 30.4. The fourth-order valence-electron chi connectivity index (χ4n) is 8.25. The first-order chi connectivity index (χ1) is 27.7. The van der Waals surface area contributed by atoms with Gasteiger partial charge in [0.2, 0.25) is 0 Å². The van der Waals surface area contributed by atoms with Gasteiger partial charge in [0.25, 0.3) is 0 Å². The second-order valence-electron chi connectivity index (χ2n) is 14.3. The number of furan rings is 1. The minimum absolute atomic E-state index is 0.0920. The van der Waals surface area contributed by atoms with Crippen LogP contribution in [0.4, 0.5) is 0 Å². The van der Waals surface area contributed by atoms with Crippen LogP contribution in [0.5, 0.6) is 0 Å². The highest BCUT2D eigenvalue weighted by Crippen LogP contribution is 2.37. The summed E-state index contributed by atoms with van der Waals surface area (Å²) in [6.45, 7) is 0. The molecule has 264 valence electrons. The standard InChI is InChI=1S/C51H34N4O/c1-4-13-33(14-5-1)35-23-25-37(26-24-35)50-52-49(36-17-8-3-9-18-36)53-51(54-50)39-27-29-45-43(32-39)47-46(56-45)30-28-42-41-21-10-11-22-44(41)55(48(42)47)40-20-12-19-38(31-40)34-15-6-2-7-16-34/h1-26,28-32,39H,27H2. The molecule has 1 aliphatic carbocycles. The second kappa shape index (κ2) is 13.2. The Kier molecular flexibility index (Phi) is 7.56. The van der Waals surface area contributed by atoms with E-state index in [1.54, 1.807) is 0 Å². The summed E-state index contributed by atoms with van der Waals surface area (Å²) in [6.07, 6.45) is 5.23. The number of rotatable bonds is 6. The molecule has 0 N–H and O–H groups in total. The van der Waals surface area contributed by atoms with Crippen molar-refractivity contribution in [1.82, 2.24) is 19.5 Å². The molecule has 0 saturated heterocycles. The molecule has 1 atom stereocenters. The number of fused-ring (bicyclic) bond motifs is 7. The van der Waals surface area contributed by atoms with E-state index in [1.165, 1.54) is 27.5 Å². The van der Waals surface area contributed by atoms with Crippen molar-refractivity contribution in [2.24, 2.45) is 0 Å². The van der Waals surface area contributed by atoms with Crippen LogP contribution in [0.25, 0.3) is 95.6 Å². The van der Waals surface area contributed by atoms with Gasteiger partial charge in [-0.15, -0.1) is 0 Å². The van der Waals surface area contributed by atoms with Crippen LogP contribution in [0.3, 0.4) is 0 Å². The lowest BCUT2D eigenvalue weighted by Gasteiger charge is -2.15. The smallest absolute Gasteiger partial charge is 0.163 e. The predicted octanol–water partition coefficient (Wildman–Crippen LogP) is 11.1. The molecule has 0 fully saturated rings. The van der Waals surface area contributed by atoms with Crippen molar-refractivity contribution in [1.29, 1.82) is 0 Å². The lowest BCUT2D eigenvalue weighted by molar-refractivity contribution is 0.569. The van der Waals surface area contributed by atoms with Crippen LogP contribution in [-0.4, -0.2) is 19.5 Å². The molecule has 0 radical (unpaired) electrons. The van der Waals surface area contributed by atoms with Gasteiger partial charge in [0.1, 0.15) is 16.8 Å². The zero-order valence-corrected chi connectivity index (χ0v) is 30.4. The molecule has 0 bridgehead atoms. The van der Waals surface area contributed by atoms with Gasteiger partial charge in [0.15, 0.2) is 11.6 Å². The Balaban J connectivity index is 1.10. The van der Waals surface area contributed by atoms with Gasteiger partial charge in [-0.3, -0.25) is 0 Å². The third-order valence-corrected chi connectivity index (χ3v) is 11.0. The number of para-hydroxylation sites is 1. The number of nitrogens with zero attached hydrogens (tertiary/aromatic N) is 4. The van der Waals surface area contributed by atoms with E-state index in [9.17, 15) is 0 Å². The van der Waals surface area contributed by atoms with Crippen molar-refractivity contribution in [3.8, 4) is 50.7 Å². The second-order valence-corrected chi connectivity index (χ2v) is 14.3. The van der Waals surface area contributed by atoms with Crippen LogP contribution >= 0.6 is 0 Å². The molecule has 0 saturated carbocycles. The zero-order chi connectivity index (χ0) is 37.0. The van der Waals surface area contributed by atoms with E-state index in [2.05, 4.69) is 168 Å². The van der Waals surface area contributed by atoms with Crippen LogP contribution in [-0.2, 0) is 0 Å². The Morgan fingerprint density at radius 2 is 1.09 bits per heavy atom. The van der Waals surface area contributed by atoms with E-state index < -0.39 is 0 Å². The van der Waals surface area contributed by atoms with E-state index in [0.717, 1.165) is 60.8 Å². The van der Waals surface area contributed by atoms with E-state index in [1.807, 2.05) is 24.3 Å². The van der Waals surface area contributed by atoms with E-state index in [4.69, 9.17) is 19.4 Å². The molecule has 11 rings (SSSR count). The van der Waals surface area contributed by atoms with Crippen LogP contribution in [0.2, 0.25) is 0 Å². The highest BCUT2D eigenvalue weighted by molar-refractivity contribution is 6.18. The third kappa shape index (κ3) is 5.44. The van der Waals surface area contributed by atoms with Crippen LogP contribution in [0.15, 0.2) is 180 Å². The lowest BCUT2D eigenvalue weighted by atomic mass is 9.97. The number of hydrogen-bond acceptors (Lipinski definition) is 4. The van der Waals surface area contributed by atoms with Gasteiger partial charge >= 0.3 is 0 Å². The van der Waals surface area contributed by atoms with Crippen LogP contribution in [0, 0.1) is 0 Å². The Morgan fingerprint density at radius 3 is 1.82 bits per heavy atom. The van der Waals surface area contributed by atoms with Crippen LogP contribution in [0.1, 0.15) is 18.2 Å². The maximum atomic E-state index is 6.64. The molecule has 1 aliphatic rings. The number of aromatic nitrogens is 4. The van der Waals surface area contributed by atoms with Gasteiger partial charge in [0.05, 0.1) is 16.4 Å². The highest BCUT2D eigenvalue weighted by atomic mass is 16.3. The largest absolute Gasteiger partial charge is 0.456 e. The first-order valence-electron chi connectivity index (χ1n) is 19.0. The third-order valence-electron chi connectivity index (χ3n) is 11.0. The van der Waals surface area contributed by atoms with Crippen molar-refractivity contribution in [2.45, 2.75) is 12.3 Å². The van der Waals surface area contributed by atoms with Crippen molar-refractivity contribution < 1.29 is 4.42 Å². The summed E-state index contributed by atoms with van der Waals surface area (Å²) >= 11 is 0. The van der Waals surface area contributed by atoms with Gasteiger partial charge in [-0.25, -0.2) is 15.0 Å². The Morgan fingerprint density at radius 1 is 0.500 bits per heavy atom. The fourth-order valence-corrected chi connectivity index (χ4v) is 8.25. The summed E-state index contributed by atoms with van der Waals surface area (Å²) in [5.41, 5.74) is 11.7. The number of benzene rings is 7. The average molecular weight is 719 g/mol. The van der Waals surface area contributed by atoms with Crippen molar-refractivity contribution >= 4 is 44.9 Å². The molecule has 3 aromatic heterocycles. The van der Waals surface area contributed by atoms with Crippen LogP contribution < -0.4 is 10.6 Å². The lowest BCUT2D eigenvalue weighted by Crippen LogP contribution is -2.26. The summed E-state index contributed by atoms with van der Waals surface area (Å²) < 4.78 is 9.05. The summed E-state index contributed by atoms with van der Waals surface area (Å²) in [5.74, 6) is 1.96. The maximum absolute atomic E-state index is 6.64. The topological polar surface area (TPSA) is 56.7 Å². The molecular weight excluding hydrogens is 685 g/mol. The minimum Gasteiger partial charge on any atom is -0.456 e. The van der Waals surface area contributed by atoms with E-state index in [0.29, 0.717) is 18.1 Å². The molecule has 0 aliphatic heterocycles. The highest BCUT2D eigenvalue weighted by Gasteiger charge is 2.23. The van der Waals surface area contributed by atoms with Crippen molar-refractivity contribution in [2.75, 3.05) is 0 Å². The molecule has 3 heterocycles. The van der Waals surface area contributed by atoms with Gasteiger partial charge in [-0.05, 0) is 65.1 Å². The summed E-state index contributed by atoms with van der Waals surface area (Å²) in [4.78, 5) is 15.4. The Hall–Kier alpha value is -7.37. The van der Waals surface area contributed by atoms with Gasteiger partial charge in [0, 0.05) is 38.7 Å². The van der Waals surface area contributed by atoms with Gasteiger partial charge in [-0.1, -0.05) is 152 Å². The molecule has 0 amide bonds. The Bertz CT molecular complexity index is 3200. The van der Waals surface area contributed by atoms with E-state index in [-0.39, 0.29) is 5.92 Å². The van der Waals surface area contributed by atoms with E-state index >= 15 is 0 Å². The minimum atomic E-state index is -0.0920. The molecule has 0 spiro atoms. The Labute approximate surface area is 323 Å². The molecule has 5 nitrogen and oxygen atoms in total. The summed E-state index contributed by atoms with van der Waals surface area (Å²) in [6, 6.07) is 61.5. The van der Waals surface area contributed by atoms with Gasteiger partial charge in [-0.2, -0.15) is 0 Å². The van der Waals surface area contributed by atoms with Gasteiger partial charge < -0.3 is 8.98 Å². The van der Waals surface area contributed by atoms with Crippen molar-refractivity contribution in [3.05, 3.63) is 192 Å². The first kappa shape index (κ1) is 32.1. The molecule has 56 heavy (non-hydrogen) atoms. The maximum Gasteiger partial charge on any atom is 0.163 e. The molecule has 7 aromatic carbocycles. The first-order valence-corrected chi connectivity index (χ1v) is 19.0. The average Bonchev–Trinajstić information content (AvgIpc) is 3.83. The SMILES string of the molecule is C1=c2oc3ccc4c5ccccc5n(-c5cccc(-c6ccccc6)c5)c4c3c2=CC(c2nc(-c3ccccc3)nc(-c3ccc(-c4ccccc4)cc3)n2)C1. The molecule has 10 aromatic rings. The summed E-state index contributed by atoms with van der Waals surface area (Å²) in [5, 5.41) is 4.55. The molecular formula is C51H34N4O. The fraction of sp³-hybridized carbons (Fsp3) is 0.0392. The molecule has 5 heteroatoms.